The van der Waals surface area contributed by atoms with Gasteiger partial charge < -0.3 is 5.73 Å². The summed E-state index contributed by atoms with van der Waals surface area (Å²) in [5.74, 6) is -0.752. The highest BCUT2D eigenvalue weighted by atomic mass is 32.1. The van der Waals surface area contributed by atoms with Crippen molar-refractivity contribution < 1.29 is 9.59 Å². The first-order valence-electron chi connectivity index (χ1n) is 4.18. The van der Waals surface area contributed by atoms with E-state index in [0.717, 1.165) is 0 Å². The Hall–Kier alpha value is -1.27. The predicted molar refractivity (Wildman–Crippen MR) is 52.9 cm³/mol. The Balaban J connectivity index is 2.38. The minimum atomic E-state index is -0.443. The number of carbonyl (C=O) groups is 2. The molecule has 1 heterocycles. The minimum Gasteiger partial charge on any atom is -0.330 e. The van der Waals surface area contributed by atoms with Crippen LogP contribution in [0, 0.1) is 0 Å². The Labute approximate surface area is 85.3 Å². The molecule has 1 rings (SSSR count). The smallest absolute Gasteiger partial charge is 0.286 e. The Morgan fingerprint density at radius 3 is 2.93 bits per heavy atom. The summed E-state index contributed by atoms with van der Waals surface area (Å²) >= 11 is 1.20. The number of nitrogens with two attached hydrogens (primary N) is 1. The normalized spacial score (nSPS) is 9.79. The maximum absolute atomic E-state index is 11.3. The molecule has 0 aliphatic rings. The zero-order valence-corrected chi connectivity index (χ0v) is 8.34. The molecular formula is C8H11N3O2S. The van der Waals surface area contributed by atoms with Crippen molar-refractivity contribution in [3.63, 3.8) is 0 Å². The summed E-state index contributed by atoms with van der Waals surface area (Å²) in [5, 5.41) is 4.21. The van der Waals surface area contributed by atoms with Gasteiger partial charge >= 0.3 is 0 Å². The fourth-order valence-corrected chi connectivity index (χ4v) is 1.37. The van der Waals surface area contributed by atoms with Gasteiger partial charge in [-0.25, -0.2) is 4.98 Å². The van der Waals surface area contributed by atoms with E-state index in [0.29, 0.717) is 18.0 Å². The van der Waals surface area contributed by atoms with Crippen molar-refractivity contribution in [3.8, 4) is 0 Å². The molecule has 1 aromatic heterocycles. The van der Waals surface area contributed by atoms with Crippen LogP contribution in [0.1, 0.15) is 22.6 Å². The van der Waals surface area contributed by atoms with Gasteiger partial charge in [-0.15, -0.1) is 11.3 Å². The highest BCUT2D eigenvalue weighted by molar-refractivity contribution is 7.11. The van der Waals surface area contributed by atoms with Gasteiger partial charge in [0.2, 0.25) is 5.91 Å². The molecule has 0 aliphatic carbocycles. The average molecular weight is 213 g/mol. The summed E-state index contributed by atoms with van der Waals surface area (Å²) in [6.45, 7) is 0.443. The molecule has 0 unspecified atom stereocenters. The number of amides is 2. The summed E-state index contributed by atoms with van der Waals surface area (Å²) in [7, 11) is 0. The highest BCUT2D eigenvalue weighted by Gasteiger charge is 2.11. The predicted octanol–water partition coefficient (Wildman–Crippen LogP) is 0.138. The lowest BCUT2D eigenvalue weighted by Gasteiger charge is -1.99. The molecule has 14 heavy (non-hydrogen) atoms. The molecule has 76 valence electrons. The summed E-state index contributed by atoms with van der Waals surface area (Å²) < 4.78 is 0. The van der Waals surface area contributed by atoms with Crippen molar-refractivity contribution in [3.05, 3.63) is 16.6 Å². The zero-order valence-electron chi connectivity index (χ0n) is 7.53. The Kier molecular flexibility index (Phi) is 4.21. The number of carbonyl (C=O) groups excluding carboxylic acids is 2. The first kappa shape index (κ1) is 10.8. The molecule has 2 amide bonds. The fraction of sp³-hybridized carbons (Fsp3) is 0.375. The molecule has 0 atom stereocenters. The van der Waals surface area contributed by atoms with E-state index in [9.17, 15) is 9.59 Å². The lowest BCUT2D eigenvalue weighted by atomic mass is 10.3. The minimum absolute atomic E-state index is 0.271. The van der Waals surface area contributed by atoms with Crippen LogP contribution in [0.3, 0.4) is 0 Å². The number of hydrogen-bond acceptors (Lipinski definition) is 5. The van der Waals surface area contributed by atoms with Crippen LogP contribution in [0.15, 0.2) is 11.6 Å². The van der Waals surface area contributed by atoms with Crippen LogP contribution in [0.25, 0.3) is 0 Å². The fourth-order valence-electron chi connectivity index (χ4n) is 0.841. The van der Waals surface area contributed by atoms with Crippen LogP contribution >= 0.6 is 11.3 Å². The molecule has 0 saturated carbocycles. The number of thiazole rings is 1. The molecular weight excluding hydrogens is 202 g/mol. The molecule has 5 nitrogen and oxygen atoms in total. The summed E-state index contributed by atoms with van der Waals surface area (Å²) in [6.07, 6.45) is 2.37. The third kappa shape index (κ3) is 3.23. The SMILES string of the molecule is NCCCC(=O)NC(=O)c1nccs1. The van der Waals surface area contributed by atoms with Crippen molar-refractivity contribution in [1.29, 1.82) is 0 Å². The Morgan fingerprint density at radius 2 is 2.36 bits per heavy atom. The molecule has 6 heteroatoms. The molecule has 0 bridgehead atoms. The van der Waals surface area contributed by atoms with Gasteiger partial charge in [0.15, 0.2) is 5.01 Å². The van der Waals surface area contributed by atoms with Crippen molar-refractivity contribution >= 4 is 23.2 Å². The van der Waals surface area contributed by atoms with Crippen molar-refractivity contribution in [2.24, 2.45) is 5.73 Å². The van der Waals surface area contributed by atoms with Crippen molar-refractivity contribution in [2.45, 2.75) is 12.8 Å². The molecule has 0 aliphatic heterocycles. The zero-order chi connectivity index (χ0) is 10.4. The van der Waals surface area contributed by atoms with Crippen molar-refractivity contribution in [2.75, 3.05) is 6.54 Å². The number of hydrogen-bond donors (Lipinski definition) is 2. The Bertz CT molecular complexity index is 310. The molecule has 0 saturated heterocycles. The van der Waals surface area contributed by atoms with Gasteiger partial charge in [-0.2, -0.15) is 0 Å². The van der Waals surface area contributed by atoms with E-state index in [2.05, 4.69) is 10.3 Å². The quantitative estimate of drug-likeness (QED) is 0.745. The van der Waals surface area contributed by atoms with E-state index < -0.39 is 5.91 Å². The van der Waals surface area contributed by atoms with Gasteiger partial charge in [0.05, 0.1) is 0 Å². The number of aromatic nitrogens is 1. The van der Waals surface area contributed by atoms with Crippen LogP contribution in [0.2, 0.25) is 0 Å². The molecule has 0 radical (unpaired) electrons. The first-order valence-corrected chi connectivity index (χ1v) is 5.05. The number of nitrogens with zero attached hydrogens (tertiary/aromatic N) is 1. The second-order valence-corrected chi connectivity index (χ2v) is 3.50. The first-order chi connectivity index (χ1) is 6.74. The highest BCUT2D eigenvalue weighted by Crippen LogP contribution is 2.03. The number of rotatable bonds is 4. The maximum Gasteiger partial charge on any atom is 0.286 e. The largest absolute Gasteiger partial charge is 0.330 e. The van der Waals surface area contributed by atoms with E-state index in [4.69, 9.17) is 5.73 Å². The van der Waals surface area contributed by atoms with E-state index >= 15 is 0 Å². The summed E-state index contributed by atoms with van der Waals surface area (Å²) in [6, 6.07) is 0. The van der Waals surface area contributed by atoms with Gasteiger partial charge in [0, 0.05) is 18.0 Å². The van der Waals surface area contributed by atoms with Crippen LogP contribution in [0.5, 0.6) is 0 Å². The average Bonchev–Trinajstić information content (AvgIpc) is 2.67. The summed E-state index contributed by atoms with van der Waals surface area (Å²) in [5.41, 5.74) is 5.23. The van der Waals surface area contributed by atoms with Gasteiger partial charge in [0.1, 0.15) is 0 Å². The third-order valence-corrected chi connectivity index (χ3v) is 2.26. The maximum atomic E-state index is 11.3. The molecule has 0 fully saturated rings. The van der Waals surface area contributed by atoms with Crippen LogP contribution < -0.4 is 11.1 Å². The van der Waals surface area contributed by atoms with E-state index in [1.165, 1.54) is 17.5 Å². The second kappa shape index (κ2) is 5.46. The van der Waals surface area contributed by atoms with Crippen LogP contribution in [-0.2, 0) is 4.79 Å². The number of nitrogens with one attached hydrogen (secondary N) is 1. The number of imide groups is 1. The topological polar surface area (TPSA) is 85.1 Å². The lowest BCUT2D eigenvalue weighted by molar-refractivity contribution is -0.120. The van der Waals surface area contributed by atoms with Crippen LogP contribution in [-0.4, -0.2) is 23.3 Å². The lowest BCUT2D eigenvalue weighted by Crippen LogP contribution is -2.30. The van der Waals surface area contributed by atoms with Gasteiger partial charge in [-0.3, -0.25) is 14.9 Å². The Morgan fingerprint density at radius 1 is 1.57 bits per heavy atom. The van der Waals surface area contributed by atoms with Gasteiger partial charge in [-0.05, 0) is 13.0 Å². The summed E-state index contributed by atoms with van der Waals surface area (Å²) in [4.78, 5) is 26.1. The second-order valence-electron chi connectivity index (χ2n) is 2.61. The van der Waals surface area contributed by atoms with Crippen LogP contribution in [0.4, 0.5) is 0 Å². The van der Waals surface area contributed by atoms with E-state index in [1.807, 2.05) is 0 Å². The molecule has 1 aromatic rings. The van der Waals surface area contributed by atoms with Gasteiger partial charge in [-0.1, -0.05) is 0 Å². The standard InChI is InChI=1S/C8H11N3O2S/c9-3-1-2-6(12)11-7(13)8-10-4-5-14-8/h4-5H,1-3,9H2,(H,11,12,13). The van der Waals surface area contributed by atoms with E-state index in [-0.39, 0.29) is 12.3 Å². The molecule has 3 N–H and O–H groups in total. The molecule has 0 aromatic carbocycles. The van der Waals surface area contributed by atoms with Crippen molar-refractivity contribution in [1.82, 2.24) is 10.3 Å². The molecule has 0 spiro atoms. The monoisotopic (exact) mass is 213 g/mol. The van der Waals surface area contributed by atoms with E-state index in [1.54, 1.807) is 5.38 Å². The third-order valence-electron chi connectivity index (χ3n) is 1.49. The van der Waals surface area contributed by atoms with Gasteiger partial charge in [0.25, 0.3) is 5.91 Å².